The minimum absolute atomic E-state index is 0.187. The average molecular weight is 510 g/mol. The monoisotopic (exact) mass is 509 g/mol. The number of rotatable bonds is 7. The molecule has 1 atom stereocenters. The molecule has 7 nitrogen and oxygen atoms in total. The minimum atomic E-state index is -0.187. The molecule has 4 aromatic rings. The second-order valence-corrected chi connectivity index (χ2v) is 10.5. The Hall–Kier alpha value is -3.97. The summed E-state index contributed by atoms with van der Waals surface area (Å²) in [6, 6.07) is 15.5. The first-order valence-electron chi connectivity index (χ1n) is 13.2. The number of imidazole rings is 1. The summed E-state index contributed by atoms with van der Waals surface area (Å²) in [7, 11) is 0. The third kappa shape index (κ3) is 6.29. The van der Waals surface area contributed by atoms with Crippen LogP contribution in [0.4, 0.5) is 5.69 Å². The molecule has 2 aromatic carbocycles. The minimum Gasteiger partial charge on any atom is -0.455 e. The van der Waals surface area contributed by atoms with Gasteiger partial charge in [0, 0.05) is 41.9 Å². The quantitative estimate of drug-likeness (QED) is 0.309. The lowest BCUT2D eigenvalue weighted by Gasteiger charge is -2.31. The van der Waals surface area contributed by atoms with Crippen molar-refractivity contribution in [3.8, 4) is 17.2 Å². The van der Waals surface area contributed by atoms with Crippen molar-refractivity contribution < 1.29 is 9.53 Å². The molecule has 1 aliphatic heterocycles. The number of likely N-dealkylation sites (tertiary alicyclic amines) is 1. The highest BCUT2D eigenvalue weighted by atomic mass is 16.5. The first-order chi connectivity index (χ1) is 18.3. The molecular weight excluding hydrogens is 474 g/mol. The van der Waals surface area contributed by atoms with Gasteiger partial charge in [-0.3, -0.25) is 14.7 Å². The van der Waals surface area contributed by atoms with Crippen molar-refractivity contribution in [3.05, 3.63) is 95.3 Å². The molecule has 1 amide bonds. The van der Waals surface area contributed by atoms with E-state index < -0.39 is 0 Å². The van der Waals surface area contributed by atoms with Crippen LogP contribution < -0.4 is 10.1 Å². The van der Waals surface area contributed by atoms with E-state index in [0.717, 1.165) is 53.5 Å². The molecule has 5 rings (SSSR count). The van der Waals surface area contributed by atoms with Gasteiger partial charge in [-0.1, -0.05) is 13.0 Å². The molecule has 3 heterocycles. The van der Waals surface area contributed by atoms with Gasteiger partial charge in [-0.2, -0.15) is 0 Å². The molecule has 1 aliphatic rings. The number of piperidine rings is 1. The summed E-state index contributed by atoms with van der Waals surface area (Å²) in [5.41, 5.74) is 6.23. The van der Waals surface area contributed by atoms with Crippen LogP contribution >= 0.6 is 0 Å². The molecule has 0 saturated carbocycles. The molecule has 2 aromatic heterocycles. The van der Waals surface area contributed by atoms with Crippen LogP contribution in [0.15, 0.2) is 67.3 Å². The maximum atomic E-state index is 13.4. The Morgan fingerprint density at radius 1 is 1.05 bits per heavy atom. The summed E-state index contributed by atoms with van der Waals surface area (Å²) in [6.45, 7) is 11.2. The number of carbonyl (C=O) groups is 1. The summed E-state index contributed by atoms with van der Waals surface area (Å²) in [5.74, 6) is 1.78. The molecule has 38 heavy (non-hydrogen) atoms. The molecule has 1 fully saturated rings. The van der Waals surface area contributed by atoms with Crippen LogP contribution in [0.5, 0.6) is 11.5 Å². The molecule has 0 unspecified atom stereocenters. The van der Waals surface area contributed by atoms with Crippen LogP contribution in [0.25, 0.3) is 5.69 Å². The van der Waals surface area contributed by atoms with Crippen molar-refractivity contribution in [1.82, 2.24) is 19.4 Å². The lowest BCUT2D eigenvalue weighted by molar-refractivity contribution is 0.102. The first-order valence-corrected chi connectivity index (χ1v) is 13.2. The number of nitrogens with one attached hydrogen (secondary N) is 1. The fourth-order valence-corrected chi connectivity index (χ4v) is 4.93. The SMILES string of the molecule is Cc1ccc(Oc2cc(C(=O)Nc3cc(CN4CCC[C@H](C)C4)cc(-n4cnc(C)c4)c3)ccc2C)cn1. The highest BCUT2D eigenvalue weighted by Gasteiger charge is 2.18. The Kier molecular flexibility index (Phi) is 7.56. The van der Waals surface area contributed by atoms with Gasteiger partial charge < -0.3 is 14.6 Å². The van der Waals surface area contributed by atoms with Gasteiger partial charge in [0.15, 0.2) is 0 Å². The van der Waals surface area contributed by atoms with E-state index >= 15 is 0 Å². The van der Waals surface area contributed by atoms with Gasteiger partial charge in [0.2, 0.25) is 0 Å². The highest BCUT2D eigenvalue weighted by molar-refractivity contribution is 6.04. The molecular formula is C31H35N5O2. The van der Waals surface area contributed by atoms with Crippen LogP contribution in [0, 0.1) is 26.7 Å². The summed E-state index contributed by atoms with van der Waals surface area (Å²) in [5, 5.41) is 3.12. The number of hydrogen-bond donors (Lipinski definition) is 1. The Balaban J connectivity index is 1.39. The zero-order chi connectivity index (χ0) is 26.6. The topological polar surface area (TPSA) is 72.3 Å². The second-order valence-electron chi connectivity index (χ2n) is 10.5. The van der Waals surface area contributed by atoms with Crippen LogP contribution in [0.1, 0.15) is 52.6 Å². The Labute approximate surface area is 224 Å². The van der Waals surface area contributed by atoms with Crippen molar-refractivity contribution >= 4 is 11.6 Å². The van der Waals surface area contributed by atoms with Gasteiger partial charge in [0.05, 0.1) is 18.2 Å². The number of aryl methyl sites for hydroxylation is 3. The number of nitrogens with zero attached hydrogens (tertiary/aromatic N) is 4. The van der Waals surface area contributed by atoms with Gasteiger partial charge in [-0.25, -0.2) is 4.98 Å². The Bertz CT molecular complexity index is 1430. The standard InChI is InChI=1S/C31H35N5O2/c1-21-6-5-11-35(17-21)19-25-12-27(15-28(13-25)36-18-24(4)33-20-36)34-31(37)26-9-7-22(2)30(14-26)38-29-10-8-23(3)32-16-29/h7-10,12-16,18,20-21H,5-6,11,17,19H2,1-4H3,(H,34,37)/t21-/m0/s1. The van der Waals surface area contributed by atoms with Gasteiger partial charge >= 0.3 is 0 Å². The third-order valence-electron chi connectivity index (χ3n) is 6.95. The zero-order valence-corrected chi connectivity index (χ0v) is 22.6. The number of anilines is 1. The van der Waals surface area contributed by atoms with E-state index in [4.69, 9.17) is 4.74 Å². The van der Waals surface area contributed by atoms with Gasteiger partial charge in [0.25, 0.3) is 5.91 Å². The number of aromatic nitrogens is 3. The van der Waals surface area contributed by atoms with Gasteiger partial charge in [0.1, 0.15) is 11.5 Å². The van der Waals surface area contributed by atoms with E-state index in [-0.39, 0.29) is 5.91 Å². The van der Waals surface area contributed by atoms with Gasteiger partial charge in [-0.05, 0) is 99.7 Å². The number of amides is 1. The third-order valence-corrected chi connectivity index (χ3v) is 6.95. The Morgan fingerprint density at radius 3 is 2.66 bits per heavy atom. The van der Waals surface area contributed by atoms with E-state index in [2.05, 4.69) is 39.2 Å². The highest BCUT2D eigenvalue weighted by Crippen LogP contribution is 2.27. The summed E-state index contributed by atoms with van der Waals surface area (Å²) >= 11 is 0. The van der Waals surface area contributed by atoms with Crippen molar-refractivity contribution in [1.29, 1.82) is 0 Å². The van der Waals surface area contributed by atoms with Crippen molar-refractivity contribution in [2.45, 2.75) is 47.1 Å². The predicted octanol–water partition coefficient (Wildman–Crippen LogP) is 6.47. The van der Waals surface area contributed by atoms with E-state index in [0.29, 0.717) is 23.0 Å². The molecule has 196 valence electrons. The second kappa shape index (κ2) is 11.2. The smallest absolute Gasteiger partial charge is 0.255 e. The van der Waals surface area contributed by atoms with Crippen LogP contribution in [0.3, 0.4) is 0 Å². The predicted molar refractivity (Wildman–Crippen MR) is 150 cm³/mol. The maximum absolute atomic E-state index is 13.4. The largest absolute Gasteiger partial charge is 0.455 e. The van der Waals surface area contributed by atoms with E-state index in [9.17, 15) is 4.79 Å². The van der Waals surface area contributed by atoms with Crippen LogP contribution in [-0.4, -0.2) is 38.4 Å². The fraction of sp³-hybridized carbons (Fsp3) is 0.323. The molecule has 7 heteroatoms. The molecule has 0 aliphatic carbocycles. The first kappa shape index (κ1) is 25.7. The van der Waals surface area contributed by atoms with Crippen molar-refractivity contribution in [2.75, 3.05) is 18.4 Å². The molecule has 0 bridgehead atoms. The van der Waals surface area contributed by atoms with E-state index in [1.807, 2.05) is 68.2 Å². The maximum Gasteiger partial charge on any atom is 0.255 e. The summed E-state index contributed by atoms with van der Waals surface area (Å²) in [6.07, 6.45) is 8.01. The van der Waals surface area contributed by atoms with Crippen LogP contribution in [-0.2, 0) is 6.54 Å². The average Bonchev–Trinajstić information content (AvgIpc) is 3.33. The number of hydrogen-bond acceptors (Lipinski definition) is 5. The van der Waals surface area contributed by atoms with Crippen molar-refractivity contribution in [3.63, 3.8) is 0 Å². The van der Waals surface area contributed by atoms with E-state index in [1.54, 1.807) is 12.3 Å². The molecule has 1 N–H and O–H groups in total. The number of carbonyl (C=O) groups excluding carboxylic acids is 1. The fourth-order valence-electron chi connectivity index (χ4n) is 4.93. The number of benzene rings is 2. The van der Waals surface area contributed by atoms with Gasteiger partial charge in [-0.15, -0.1) is 0 Å². The zero-order valence-electron chi connectivity index (χ0n) is 22.6. The Morgan fingerprint density at radius 2 is 1.92 bits per heavy atom. The number of pyridine rings is 1. The van der Waals surface area contributed by atoms with Crippen molar-refractivity contribution in [2.24, 2.45) is 5.92 Å². The lowest BCUT2D eigenvalue weighted by atomic mass is 9.99. The lowest BCUT2D eigenvalue weighted by Crippen LogP contribution is -2.33. The van der Waals surface area contributed by atoms with Crippen LogP contribution in [0.2, 0.25) is 0 Å². The summed E-state index contributed by atoms with van der Waals surface area (Å²) in [4.78, 5) is 24.5. The molecule has 0 spiro atoms. The normalized spacial score (nSPS) is 15.8. The molecule has 0 radical (unpaired) electrons. The number of ether oxygens (including phenoxy) is 1. The summed E-state index contributed by atoms with van der Waals surface area (Å²) < 4.78 is 8.04. The molecule has 1 saturated heterocycles. The van der Waals surface area contributed by atoms with E-state index in [1.165, 1.54) is 12.8 Å².